The Hall–Kier alpha value is -1.10. The molecule has 1 atom stereocenters. The molecule has 0 aliphatic carbocycles. The molecule has 3 amide bonds. The molecule has 0 radical (unpaired) electrons. The molecule has 5 nitrogen and oxygen atoms in total. The van der Waals surface area contributed by atoms with Gasteiger partial charge >= 0.3 is 6.03 Å². The predicted octanol–water partition coefficient (Wildman–Crippen LogP) is -0.321. The zero-order valence-electron chi connectivity index (χ0n) is 8.25. The maximum absolute atomic E-state index is 11.6. The summed E-state index contributed by atoms with van der Waals surface area (Å²) in [4.78, 5) is 24.5. The van der Waals surface area contributed by atoms with Gasteiger partial charge in [-0.2, -0.15) is 0 Å². The lowest BCUT2D eigenvalue weighted by Gasteiger charge is -2.29. The highest BCUT2D eigenvalue weighted by atomic mass is 16.2. The van der Waals surface area contributed by atoms with Crippen LogP contribution in [-0.4, -0.2) is 42.0 Å². The molecule has 2 aliphatic rings. The van der Waals surface area contributed by atoms with E-state index in [0.717, 1.165) is 25.9 Å². The SMILES string of the molecule is C[C@@H]1NC(=O)N(C2CCNCC2)C1=O. The summed E-state index contributed by atoms with van der Waals surface area (Å²) in [5.41, 5.74) is 0. The summed E-state index contributed by atoms with van der Waals surface area (Å²) in [6, 6.07) is -0.486. The highest BCUT2D eigenvalue weighted by Gasteiger charge is 2.39. The summed E-state index contributed by atoms with van der Waals surface area (Å²) in [6.07, 6.45) is 1.73. The average Bonchev–Trinajstić information content (AvgIpc) is 2.43. The fourth-order valence-electron chi connectivity index (χ4n) is 2.04. The number of hydrogen-bond acceptors (Lipinski definition) is 3. The first-order chi connectivity index (χ1) is 6.70. The third-order valence-corrected chi connectivity index (χ3v) is 2.84. The van der Waals surface area contributed by atoms with Crippen molar-refractivity contribution in [3.63, 3.8) is 0 Å². The van der Waals surface area contributed by atoms with Crippen LogP contribution in [0.25, 0.3) is 0 Å². The van der Waals surface area contributed by atoms with E-state index in [9.17, 15) is 9.59 Å². The number of carbonyl (C=O) groups excluding carboxylic acids is 2. The minimum absolute atomic E-state index is 0.0816. The molecule has 2 saturated heterocycles. The molecule has 0 aromatic rings. The largest absolute Gasteiger partial charge is 0.326 e. The summed E-state index contributed by atoms with van der Waals surface area (Å²) in [5.74, 6) is -0.0816. The van der Waals surface area contributed by atoms with Crippen molar-refractivity contribution in [1.29, 1.82) is 0 Å². The van der Waals surface area contributed by atoms with Crippen molar-refractivity contribution in [2.24, 2.45) is 0 Å². The number of rotatable bonds is 1. The minimum Gasteiger partial charge on any atom is -0.326 e. The van der Waals surface area contributed by atoms with Crippen molar-refractivity contribution in [3.05, 3.63) is 0 Å². The van der Waals surface area contributed by atoms with Crippen molar-refractivity contribution in [3.8, 4) is 0 Å². The molecule has 5 heteroatoms. The van der Waals surface area contributed by atoms with Crippen LogP contribution in [0.2, 0.25) is 0 Å². The van der Waals surface area contributed by atoms with Crippen molar-refractivity contribution in [2.75, 3.05) is 13.1 Å². The molecule has 0 saturated carbocycles. The number of carbonyl (C=O) groups is 2. The highest BCUT2D eigenvalue weighted by molar-refractivity contribution is 6.04. The Balaban J connectivity index is 2.08. The monoisotopic (exact) mass is 197 g/mol. The third kappa shape index (κ3) is 1.48. The summed E-state index contributed by atoms with van der Waals surface area (Å²) in [6.45, 7) is 3.49. The predicted molar refractivity (Wildman–Crippen MR) is 50.7 cm³/mol. The minimum atomic E-state index is -0.350. The van der Waals surface area contributed by atoms with Gasteiger partial charge in [0.2, 0.25) is 0 Å². The first kappa shape index (κ1) is 9.45. The quantitative estimate of drug-likeness (QED) is 0.566. The number of hydrogen-bond donors (Lipinski definition) is 2. The van der Waals surface area contributed by atoms with Crippen molar-refractivity contribution >= 4 is 11.9 Å². The Morgan fingerprint density at radius 3 is 2.43 bits per heavy atom. The van der Waals surface area contributed by atoms with Gasteiger partial charge < -0.3 is 10.6 Å². The molecule has 2 heterocycles. The molecule has 0 unspecified atom stereocenters. The van der Waals surface area contributed by atoms with Gasteiger partial charge in [0.15, 0.2) is 0 Å². The van der Waals surface area contributed by atoms with E-state index in [2.05, 4.69) is 10.6 Å². The van der Waals surface area contributed by atoms with Crippen LogP contribution in [0.3, 0.4) is 0 Å². The Morgan fingerprint density at radius 2 is 1.93 bits per heavy atom. The lowest BCUT2D eigenvalue weighted by molar-refractivity contribution is -0.129. The fourth-order valence-corrected chi connectivity index (χ4v) is 2.04. The standard InChI is InChI=1S/C9H15N3O2/c1-6-8(13)12(9(14)11-6)7-2-4-10-5-3-7/h6-7,10H,2-5H2,1H3,(H,11,14)/t6-/m0/s1. The van der Waals surface area contributed by atoms with Gasteiger partial charge in [-0.1, -0.05) is 0 Å². The van der Waals surface area contributed by atoms with E-state index in [-0.39, 0.29) is 24.0 Å². The lowest BCUT2D eigenvalue weighted by atomic mass is 10.1. The van der Waals surface area contributed by atoms with Crippen LogP contribution >= 0.6 is 0 Å². The summed E-state index contributed by atoms with van der Waals surface area (Å²) in [5, 5.41) is 5.84. The first-order valence-corrected chi connectivity index (χ1v) is 5.04. The second kappa shape index (κ2) is 3.57. The van der Waals surface area contributed by atoms with Crippen LogP contribution in [0.15, 0.2) is 0 Å². The first-order valence-electron chi connectivity index (χ1n) is 5.04. The molecule has 78 valence electrons. The second-order valence-electron chi connectivity index (χ2n) is 3.86. The zero-order valence-corrected chi connectivity index (χ0v) is 8.25. The van der Waals surface area contributed by atoms with Gasteiger partial charge in [0.1, 0.15) is 6.04 Å². The Labute approximate surface area is 82.8 Å². The average molecular weight is 197 g/mol. The van der Waals surface area contributed by atoms with Gasteiger partial charge in [0.05, 0.1) is 0 Å². The van der Waals surface area contributed by atoms with Crippen molar-refractivity contribution in [1.82, 2.24) is 15.5 Å². The van der Waals surface area contributed by atoms with E-state index in [1.165, 1.54) is 4.90 Å². The molecule has 0 spiro atoms. The van der Waals surface area contributed by atoms with Gasteiger partial charge in [0.25, 0.3) is 5.91 Å². The maximum Gasteiger partial charge on any atom is 0.325 e. The molecule has 14 heavy (non-hydrogen) atoms. The molecule has 2 N–H and O–H groups in total. The molecule has 2 aliphatic heterocycles. The molecular weight excluding hydrogens is 182 g/mol. The molecule has 0 aromatic heterocycles. The number of nitrogens with zero attached hydrogens (tertiary/aromatic N) is 1. The number of nitrogens with one attached hydrogen (secondary N) is 2. The van der Waals surface area contributed by atoms with E-state index in [0.29, 0.717) is 0 Å². The van der Waals surface area contributed by atoms with E-state index in [1.807, 2.05) is 0 Å². The van der Waals surface area contributed by atoms with Gasteiger partial charge in [-0.15, -0.1) is 0 Å². The lowest BCUT2D eigenvalue weighted by Crippen LogP contribution is -2.46. The molecule has 0 bridgehead atoms. The Bertz CT molecular complexity index is 261. The number of amides is 3. The maximum atomic E-state index is 11.6. The summed E-state index contributed by atoms with van der Waals surface area (Å²) >= 11 is 0. The van der Waals surface area contributed by atoms with Crippen molar-refractivity contribution in [2.45, 2.75) is 31.8 Å². The van der Waals surface area contributed by atoms with Crippen LogP contribution < -0.4 is 10.6 Å². The summed E-state index contributed by atoms with van der Waals surface area (Å²) in [7, 11) is 0. The zero-order chi connectivity index (χ0) is 10.1. The Kier molecular flexibility index (Phi) is 2.41. The van der Waals surface area contributed by atoms with Crippen LogP contribution in [0.4, 0.5) is 4.79 Å². The van der Waals surface area contributed by atoms with Gasteiger partial charge in [-0.3, -0.25) is 9.69 Å². The normalized spacial score (nSPS) is 29.5. The molecule has 2 rings (SSSR count). The van der Waals surface area contributed by atoms with E-state index >= 15 is 0 Å². The summed E-state index contributed by atoms with van der Waals surface area (Å²) < 4.78 is 0. The van der Waals surface area contributed by atoms with Crippen LogP contribution in [0.5, 0.6) is 0 Å². The number of urea groups is 1. The fraction of sp³-hybridized carbons (Fsp3) is 0.778. The number of imide groups is 1. The number of piperidine rings is 1. The van der Waals surface area contributed by atoms with Gasteiger partial charge in [-0.25, -0.2) is 4.79 Å². The smallest absolute Gasteiger partial charge is 0.325 e. The van der Waals surface area contributed by atoms with Crippen LogP contribution in [0.1, 0.15) is 19.8 Å². The van der Waals surface area contributed by atoms with Crippen LogP contribution in [-0.2, 0) is 4.79 Å². The third-order valence-electron chi connectivity index (χ3n) is 2.84. The molecular formula is C9H15N3O2. The van der Waals surface area contributed by atoms with E-state index < -0.39 is 0 Å². The highest BCUT2D eigenvalue weighted by Crippen LogP contribution is 2.17. The molecule has 0 aromatic carbocycles. The molecule has 2 fully saturated rings. The van der Waals surface area contributed by atoms with Crippen molar-refractivity contribution < 1.29 is 9.59 Å². The van der Waals surface area contributed by atoms with Gasteiger partial charge in [0, 0.05) is 6.04 Å². The van der Waals surface area contributed by atoms with E-state index in [4.69, 9.17) is 0 Å². The van der Waals surface area contributed by atoms with Crippen LogP contribution in [0, 0.1) is 0 Å². The second-order valence-corrected chi connectivity index (χ2v) is 3.86. The van der Waals surface area contributed by atoms with E-state index in [1.54, 1.807) is 6.92 Å². The van der Waals surface area contributed by atoms with Gasteiger partial charge in [-0.05, 0) is 32.9 Å². The Morgan fingerprint density at radius 1 is 1.29 bits per heavy atom. The topological polar surface area (TPSA) is 61.4 Å².